The number of nitrogens with one attached hydrogen (secondary N) is 1. The van der Waals surface area contributed by atoms with Gasteiger partial charge >= 0.3 is 0 Å². The fourth-order valence-corrected chi connectivity index (χ4v) is 1.78. The summed E-state index contributed by atoms with van der Waals surface area (Å²) in [6.07, 6.45) is 5.74. The molecule has 1 rings (SSSR count). The van der Waals surface area contributed by atoms with Gasteiger partial charge in [-0.05, 0) is 25.5 Å². The van der Waals surface area contributed by atoms with E-state index in [1.165, 1.54) is 6.42 Å². The standard InChI is InChI=1S/C12H21N3/c1-4-7-14-11(5-2)10(3)12-6-8-13-9-15-12/h6,8-11,14H,4-5,7H2,1-3H3. The minimum absolute atomic E-state index is 0.449. The predicted octanol–water partition coefficient (Wildman–Crippen LogP) is 2.36. The molecular formula is C12H21N3. The van der Waals surface area contributed by atoms with Crippen molar-refractivity contribution in [1.82, 2.24) is 15.3 Å². The molecule has 0 aromatic carbocycles. The Hall–Kier alpha value is -0.960. The van der Waals surface area contributed by atoms with Crippen LogP contribution in [-0.4, -0.2) is 22.6 Å². The van der Waals surface area contributed by atoms with E-state index >= 15 is 0 Å². The van der Waals surface area contributed by atoms with Crippen LogP contribution in [0.15, 0.2) is 18.6 Å². The van der Waals surface area contributed by atoms with Crippen LogP contribution in [0.1, 0.15) is 45.2 Å². The van der Waals surface area contributed by atoms with Gasteiger partial charge in [0.2, 0.25) is 0 Å². The minimum Gasteiger partial charge on any atom is -0.313 e. The Bertz CT molecular complexity index is 261. The maximum atomic E-state index is 4.30. The summed E-state index contributed by atoms with van der Waals surface area (Å²) in [5.74, 6) is 0.449. The highest BCUT2D eigenvalue weighted by Gasteiger charge is 2.16. The van der Waals surface area contributed by atoms with Crippen LogP contribution in [0, 0.1) is 0 Å². The van der Waals surface area contributed by atoms with E-state index in [1.54, 1.807) is 6.33 Å². The minimum atomic E-state index is 0.449. The van der Waals surface area contributed by atoms with Gasteiger partial charge in [-0.3, -0.25) is 0 Å². The van der Waals surface area contributed by atoms with Crippen LogP contribution in [0.4, 0.5) is 0 Å². The summed E-state index contributed by atoms with van der Waals surface area (Å²) < 4.78 is 0. The molecule has 15 heavy (non-hydrogen) atoms. The molecule has 0 aliphatic carbocycles. The monoisotopic (exact) mass is 207 g/mol. The topological polar surface area (TPSA) is 37.8 Å². The molecule has 0 aliphatic rings. The summed E-state index contributed by atoms with van der Waals surface area (Å²) in [7, 11) is 0. The van der Waals surface area contributed by atoms with Crippen molar-refractivity contribution in [3.63, 3.8) is 0 Å². The van der Waals surface area contributed by atoms with Gasteiger partial charge in [-0.15, -0.1) is 0 Å². The SMILES string of the molecule is CCCNC(CC)C(C)c1ccncn1. The van der Waals surface area contributed by atoms with Crippen LogP contribution in [0.25, 0.3) is 0 Å². The zero-order chi connectivity index (χ0) is 11.1. The molecule has 2 atom stereocenters. The number of nitrogens with zero attached hydrogens (tertiary/aromatic N) is 2. The summed E-state index contributed by atoms with van der Waals surface area (Å²) in [6, 6.07) is 2.51. The second kappa shape index (κ2) is 6.51. The number of rotatable bonds is 6. The van der Waals surface area contributed by atoms with Gasteiger partial charge in [0.25, 0.3) is 0 Å². The summed E-state index contributed by atoms with van der Waals surface area (Å²) in [5, 5.41) is 3.56. The highest BCUT2D eigenvalue weighted by molar-refractivity contribution is 5.07. The molecule has 0 amide bonds. The van der Waals surface area contributed by atoms with Crippen molar-refractivity contribution >= 4 is 0 Å². The quantitative estimate of drug-likeness (QED) is 0.778. The third kappa shape index (κ3) is 3.59. The van der Waals surface area contributed by atoms with Crippen molar-refractivity contribution in [3.05, 3.63) is 24.3 Å². The van der Waals surface area contributed by atoms with Crippen LogP contribution in [0.3, 0.4) is 0 Å². The van der Waals surface area contributed by atoms with Gasteiger partial charge in [-0.25, -0.2) is 9.97 Å². The van der Waals surface area contributed by atoms with Crippen LogP contribution in [0.2, 0.25) is 0 Å². The lowest BCUT2D eigenvalue weighted by Gasteiger charge is -2.23. The summed E-state index contributed by atoms with van der Waals surface area (Å²) >= 11 is 0. The van der Waals surface area contributed by atoms with Crippen molar-refractivity contribution in [2.24, 2.45) is 0 Å². The first-order valence-electron chi connectivity index (χ1n) is 5.78. The van der Waals surface area contributed by atoms with E-state index in [9.17, 15) is 0 Å². The smallest absolute Gasteiger partial charge is 0.115 e. The molecule has 0 saturated heterocycles. The van der Waals surface area contributed by atoms with Crippen LogP contribution < -0.4 is 5.32 Å². The molecule has 1 heterocycles. The van der Waals surface area contributed by atoms with Crippen molar-refractivity contribution in [3.8, 4) is 0 Å². The molecule has 1 aromatic heterocycles. The Balaban J connectivity index is 2.60. The molecule has 3 nitrogen and oxygen atoms in total. The summed E-state index contributed by atoms with van der Waals surface area (Å²) in [6.45, 7) is 7.70. The lowest BCUT2D eigenvalue weighted by molar-refractivity contribution is 0.432. The van der Waals surface area contributed by atoms with Crippen molar-refractivity contribution < 1.29 is 0 Å². The molecule has 1 aromatic rings. The zero-order valence-electron chi connectivity index (χ0n) is 9.90. The number of hydrogen-bond acceptors (Lipinski definition) is 3. The lowest BCUT2D eigenvalue weighted by atomic mass is 9.96. The Labute approximate surface area is 92.3 Å². The maximum absolute atomic E-state index is 4.30. The van der Waals surface area contributed by atoms with E-state index in [0.29, 0.717) is 12.0 Å². The van der Waals surface area contributed by atoms with Gasteiger partial charge in [-0.2, -0.15) is 0 Å². The predicted molar refractivity (Wildman–Crippen MR) is 62.8 cm³/mol. The lowest BCUT2D eigenvalue weighted by Crippen LogP contribution is -2.34. The third-order valence-electron chi connectivity index (χ3n) is 2.77. The van der Waals surface area contributed by atoms with Crippen LogP contribution >= 0.6 is 0 Å². The van der Waals surface area contributed by atoms with Crippen LogP contribution in [-0.2, 0) is 0 Å². The van der Waals surface area contributed by atoms with Gasteiger partial charge in [0.1, 0.15) is 6.33 Å². The molecule has 0 fully saturated rings. The second-order valence-corrected chi connectivity index (χ2v) is 3.89. The first-order chi connectivity index (χ1) is 7.29. The third-order valence-corrected chi connectivity index (χ3v) is 2.77. The first-order valence-corrected chi connectivity index (χ1v) is 5.78. The average Bonchev–Trinajstić information content (AvgIpc) is 2.31. The number of aromatic nitrogens is 2. The average molecular weight is 207 g/mol. The van der Waals surface area contributed by atoms with Gasteiger partial charge in [0, 0.05) is 23.9 Å². The van der Waals surface area contributed by atoms with E-state index in [4.69, 9.17) is 0 Å². The fourth-order valence-electron chi connectivity index (χ4n) is 1.78. The van der Waals surface area contributed by atoms with Crippen LogP contribution in [0.5, 0.6) is 0 Å². The normalized spacial score (nSPS) is 14.9. The zero-order valence-corrected chi connectivity index (χ0v) is 9.90. The van der Waals surface area contributed by atoms with Crippen molar-refractivity contribution in [2.45, 2.75) is 45.6 Å². The highest BCUT2D eigenvalue weighted by Crippen LogP contribution is 2.18. The Morgan fingerprint density at radius 1 is 1.40 bits per heavy atom. The number of hydrogen-bond donors (Lipinski definition) is 1. The van der Waals surface area contributed by atoms with Gasteiger partial charge in [-0.1, -0.05) is 20.8 Å². The molecule has 0 aliphatic heterocycles. The molecule has 0 saturated carbocycles. The Morgan fingerprint density at radius 3 is 2.73 bits per heavy atom. The van der Waals surface area contributed by atoms with E-state index in [-0.39, 0.29) is 0 Å². The van der Waals surface area contributed by atoms with E-state index in [0.717, 1.165) is 18.7 Å². The Kier molecular flexibility index (Phi) is 5.26. The van der Waals surface area contributed by atoms with E-state index in [2.05, 4.69) is 36.1 Å². The molecule has 0 bridgehead atoms. The van der Waals surface area contributed by atoms with Crippen molar-refractivity contribution in [2.75, 3.05) is 6.54 Å². The highest BCUT2D eigenvalue weighted by atomic mass is 14.9. The van der Waals surface area contributed by atoms with E-state index in [1.807, 2.05) is 12.3 Å². The molecule has 84 valence electrons. The van der Waals surface area contributed by atoms with Gasteiger partial charge < -0.3 is 5.32 Å². The van der Waals surface area contributed by atoms with Gasteiger partial charge in [0.05, 0.1) is 0 Å². The fraction of sp³-hybridized carbons (Fsp3) is 0.667. The first kappa shape index (κ1) is 12.1. The van der Waals surface area contributed by atoms with Gasteiger partial charge in [0.15, 0.2) is 0 Å². The Morgan fingerprint density at radius 2 is 2.20 bits per heavy atom. The summed E-state index contributed by atoms with van der Waals surface area (Å²) in [4.78, 5) is 8.25. The molecule has 2 unspecified atom stereocenters. The molecular weight excluding hydrogens is 186 g/mol. The largest absolute Gasteiger partial charge is 0.313 e. The van der Waals surface area contributed by atoms with E-state index < -0.39 is 0 Å². The molecule has 0 radical (unpaired) electrons. The summed E-state index contributed by atoms with van der Waals surface area (Å²) in [5.41, 5.74) is 1.13. The molecule has 0 spiro atoms. The molecule has 1 N–H and O–H groups in total. The molecule has 3 heteroatoms. The second-order valence-electron chi connectivity index (χ2n) is 3.89. The van der Waals surface area contributed by atoms with Crippen molar-refractivity contribution in [1.29, 1.82) is 0 Å². The maximum Gasteiger partial charge on any atom is 0.115 e.